The molecule has 1 atom stereocenters. The average molecular weight is 239 g/mol. The van der Waals surface area contributed by atoms with Crippen LogP contribution in [0.4, 0.5) is 0 Å². The maximum absolute atomic E-state index is 5.60. The second kappa shape index (κ2) is 4.58. The molecule has 0 amide bonds. The van der Waals surface area contributed by atoms with Crippen molar-refractivity contribution in [2.75, 3.05) is 7.11 Å². The summed E-state index contributed by atoms with van der Waals surface area (Å²) < 4.78 is 5.60. The van der Waals surface area contributed by atoms with Gasteiger partial charge in [-0.2, -0.15) is 0 Å². The van der Waals surface area contributed by atoms with E-state index in [0.717, 1.165) is 22.2 Å². The van der Waals surface area contributed by atoms with Gasteiger partial charge in [0.05, 0.1) is 0 Å². The number of aromatic nitrogens is 3. The molecule has 18 heavy (non-hydrogen) atoms. The van der Waals surface area contributed by atoms with Crippen LogP contribution in [0.2, 0.25) is 0 Å². The number of pyridine rings is 2. The van der Waals surface area contributed by atoms with Crippen LogP contribution < -0.4 is 0 Å². The lowest BCUT2D eigenvalue weighted by Gasteiger charge is -2.14. The Bertz CT molecular complexity index is 648. The number of nitrogens with one attached hydrogen (secondary N) is 1. The molecule has 3 rings (SSSR count). The van der Waals surface area contributed by atoms with Crippen molar-refractivity contribution in [1.82, 2.24) is 15.0 Å². The van der Waals surface area contributed by atoms with E-state index >= 15 is 0 Å². The van der Waals surface area contributed by atoms with E-state index in [-0.39, 0.29) is 6.10 Å². The molecule has 1 unspecified atom stereocenters. The topological polar surface area (TPSA) is 50.8 Å². The van der Waals surface area contributed by atoms with Crippen molar-refractivity contribution in [1.29, 1.82) is 0 Å². The Morgan fingerprint density at radius 1 is 1.22 bits per heavy atom. The number of ether oxygens (including phenoxy) is 1. The lowest BCUT2D eigenvalue weighted by Crippen LogP contribution is -2.03. The van der Waals surface area contributed by atoms with E-state index < -0.39 is 0 Å². The van der Waals surface area contributed by atoms with Crippen LogP contribution in [0.1, 0.15) is 17.2 Å². The molecule has 0 fully saturated rings. The summed E-state index contributed by atoms with van der Waals surface area (Å²) in [7, 11) is 1.70. The molecule has 0 aliphatic rings. The SMILES string of the molecule is COC(c1cccnc1)c1c[nH]c2ncccc12. The summed E-state index contributed by atoms with van der Waals surface area (Å²) in [5.74, 6) is 0. The van der Waals surface area contributed by atoms with Gasteiger partial charge in [0, 0.05) is 48.4 Å². The number of hydrogen-bond acceptors (Lipinski definition) is 3. The number of rotatable bonds is 3. The normalized spacial score (nSPS) is 12.7. The standard InChI is InChI=1S/C14H13N3O/c1-18-13(10-4-2-6-15-8-10)12-9-17-14-11(12)5-3-7-16-14/h2-9,13H,1H3,(H,16,17). The van der Waals surface area contributed by atoms with E-state index in [2.05, 4.69) is 15.0 Å². The lowest BCUT2D eigenvalue weighted by molar-refractivity contribution is 0.137. The number of aromatic amines is 1. The van der Waals surface area contributed by atoms with Crippen molar-refractivity contribution in [2.45, 2.75) is 6.10 Å². The highest BCUT2D eigenvalue weighted by Crippen LogP contribution is 2.29. The number of fused-ring (bicyclic) bond motifs is 1. The van der Waals surface area contributed by atoms with Crippen molar-refractivity contribution in [3.63, 3.8) is 0 Å². The highest BCUT2D eigenvalue weighted by molar-refractivity contribution is 5.80. The summed E-state index contributed by atoms with van der Waals surface area (Å²) in [6, 6.07) is 7.89. The molecule has 3 heterocycles. The van der Waals surface area contributed by atoms with Gasteiger partial charge in [0.2, 0.25) is 0 Å². The second-order valence-corrected chi connectivity index (χ2v) is 4.05. The van der Waals surface area contributed by atoms with Crippen molar-refractivity contribution in [2.24, 2.45) is 0 Å². The molecule has 0 aromatic carbocycles. The molecular weight excluding hydrogens is 226 g/mol. The van der Waals surface area contributed by atoms with Crippen LogP contribution in [0.5, 0.6) is 0 Å². The number of hydrogen-bond donors (Lipinski definition) is 1. The van der Waals surface area contributed by atoms with Crippen LogP contribution in [-0.4, -0.2) is 22.1 Å². The van der Waals surface area contributed by atoms with Gasteiger partial charge in [0.25, 0.3) is 0 Å². The highest BCUT2D eigenvalue weighted by Gasteiger charge is 2.17. The predicted octanol–water partition coefficient (Wildman–Crippen LogP) is 2.69. The number of nitrogens with zero attached hydrogens (tertiary/aromatic N) is 2. The van der Waals surface area contributed by atoms with Crippen molar-refractivity contribution < 1.29 is 4.74 Å². The zero-order chi connectivity index (χ0) is 12.4. The fourth-order valence-corrected chi connectivity index (χ4v) is 2.17. The van der Waals surface area contributed by atoms with Crippen LogP contribution >= 0.6 is 0 Å². The van der Waals surface area contributed by atoms with Crippen LogP contribution in [0.3, 0.4) is 0 Å². The zero-order valence-corrected chi connectivity index (χ0v) is 10.00. The molecule has 0 radical (unpaired) electrons. The third-order valence-corrected chi connectivity index (χ3v) is 2.99. The first-order valence-corrected chi connectivity index (χ1v) is 5.75. The van der Waals surface area contributed by atoms with Gasteiger partial charge in [-0.1, -0.05) is 6.07 Å². The molecule has 0 bridgehead atoms. The van der Waals surface area contributed by atoms with Gasteiger partial charge in [0.15, 0.2) is 0 Å². The lowest BCUT2D eigenvalue weighted by atomic mass is 10.0. The molecule has 3 aromatic rings. The van der Waals surface area contributed by atoms with Gasteiger partial charge in [-0.15, -0.1) is 0 Å². The Morgan fingerprint density at radius 2 is 2.11 bits per heavy atom. The van der Waals surface area contributed by atoms with Crippen LogP contribution in [-0.2, 0) is 4.74 Å². The third kappa shape index (κ3) is 1.76. The van der Waals surface area contributed by atoms with Gasteiger partial charge < -0.3 is 9.72 Å². The van der Waals surface area contributed by atoms with Crippen LogP contribution in [0.25, 0.3) is 11.0 Å². The first-order chi connectivity index (χ1) is 8.90. The predicted molar refractivity (Wildman–Crippen MR) is 69.2 cm³/mol. The Kier molecular flexibility index (Phi) is 2.78. The molecule has 0 saturated heterocycles. The fourth-order valence-electron chi connectivity index (χ4n) is 2.17. The van der Waals surface area contributed by atoms with E-state index in [4.69, 9.17) is 4.74 Å². The smallest absolute Gasteiger partial charge is 0.137 e. The Hall–Kier alpha value is -2.20. The Balaban J connectivity index is 2.12. The number of methoxy groups -OCH3 is 1. The van der Waals surface area contributed by atoms with E-state index in [1.165, 1.54) is 0 Å². The fraction of sp³-hybridized carbons (Fsp3) is 0.143. The first kappa shape index (κ1) is 10.9. The minimum Gasteiger partial charge on any atom is -0.372 e. The molecule has 0 aliphatic heterocycles. The van der Waals surface area contributed by atoms with Gasteiger partial charge in [-0.05, 0) is 18.2 Å². The largest absolute Gasteiger partial charge is 0.372 e. The maximum Gasteiger partial charge on any atom is 0.137 e. The van der Waals surface area contributed by atoms with Gasteiger partial charge >= 0.3 is 0 Å². The summed E-state index contributed by atoms with van der Waals surface area (Å²) in [6.07, 6.45) is 7.17. The summed E-state index contributed by atoms with van der Waals surface area (Å²) >= 11 is 0. The monoisotopic (exact) mass is 239 g/mol. The van der Waals surface area contributed by atoms with E-state index in [0.29, 0.717) is 0 Å². The van der Waals surface area contributed by atoms with Crippen molar-refractivity contribution in [3.05, 3.63) is 60.2 Å². The van der Waals surface area contributed by atoms with Crippen LogP contribution in [0, 0.1) is 0 Å². The second-order valence-electron chi connectivity index (χ2n) is 4.05. The molecule has 1 N–H and O–H groups in total. The van der Waals surface area contributed by atoms with Crippen LogP contribution in [0.15, 0.2) is 49.1 Å². The molecule has 4 heteroatoms. The van der Waals surface area contributed by atoms with E-state index in [1.54, 1.807) is 19.5 Å². The first-order valence-electron chi connectivity index (χ1n) is 5.75. The quantitative estimate of drug-likeness (QED) is 0.764. The van der Waals surface area contributed by atoms with Gasteiger partial charge in [-0.25, -0.2) is 4.98 Å². The Morgan fingerprint density at radius 3 is 2.89 bits per heavy atom. The molecule has 0 aliphatic carbocycles. The highest BCUT2D eigenvalue weighted by atomic mass is 16.5. The third-order valence-electron chi connectivity index (χ3n) is 2.99. The van der Waals surface area contributed by atoms with Crippen molar-refractivity contribution in [3.8, 4) is 0 Å². The van der Waals surface area contributed by atoms with E-state index in [9.17, 15) is 0 Å². The summed E-state index contributed by atoms with van der Waals surface area (Å²) in [5.41, 5.74) is 2.98. The summed E-state index contributed by atoms with van der Waals surface area (Å²) in [5, 5.41) is 1.08. The molecule has 3 aromatic heterocycles. The molecule has 90 valence electrons. The van der Waals surface area contributed by atoms with E-state index in [1.807, 2.05) is 36.7 Å². The van der Waals surface area contributed by atoms with Gasteiger partial charge in [-0.3, -0.25) is 4.98 Å². The summed E-state index contributed by atoms with van der Waals surface area (Å²) in [4.78, 5) is 11.6. The molecule has 4 nitrogen and oxygen atoms in total. The number of H-pyrrole nitrogens is 1. The molecule has 0 spiro atoms. The minimum atomic E-state index is -0.128. The summed E-state index contributed by atoms with van der Waals surface area (Å²) in [6.45, 7) is 0. The zero-order valence-electron chi connectivity index (χ0n) is 10.00. The molecule has 0 saturated carbocycles. The minimum absolute atomic E-state index is 0.128. The maximum atomic E-state index is 5.60. The molecular formula is C14H13N3O. The average Bonchev–Trinajstić information content (AvgIpc) is 2.85. The van der Waals surface area contributed by atoms with Gasteiger partial charge in [0.1, 0.15) is 11.8 Å². The Labute approximate surface area is 105 Å². The van der Waals surface area contributed by atoms with Crippen molar-refractivity contribution >= 4 is 11.0 Å².